The quantitative estimate of drug-likeness (QED) is 0.799. The van der Waals surface area contributed by atoms with Crippen LogP contribution in [0.15, 0.2) is 23.1 Å². The third-order valence-corrected chi connectivity index (χ3v) is 5.23. The number of rotatable bonds is 6. The van der Waals surface area contributed by atoms with Crippen molar-refractivity contribution >= 4 is 15.7 Å². The maximum absolute atomic E-state index is 12.7. The molecule has 1 atom stereocenters. The second kappa shape index (κ2) is 6.53. The Morgan fingerprint density at radius 1 is 1.43 bits per heavy atom. The van der Waals surface area contributed by atoms with E-state index in [1.165, 1.54) is 19.2 Å². The highest BCUT2D eigenvalue weighted by atomic mass is 32.2. The van der Waals surface area contributed by atoms with Crippen LogP contribution in [0.5, 0.6) is 0 Å². The van der Waals surface area contributed by atoms with Gasteiger partial charge in [-0.2, -0.15) is 0 Å². The first kappa shape index (κ1) is 15.9. The Kier molecular flexibility index (Phi) is 4.95. The fourth-order valence-electron chi connectivity index (χ4n) is 2.32. The summed E-state index contributed by atoms with van der Waals surface area (Å²) in [6.45, 7) is -0.273. The summed E-state index contributed by atoms with van der Waals surface area (Å²) >= 11 is 0. The maximum Gasteiger partial charge on any atom is 0.251 e. The summed E-state index contributed by atoms with van der Waals surface area (Å²) in [4.78, 5) is 12.0. The Balaban J connectivity index is 2.25. The molecule has 1 aromatic rings. The van der Waals surface area contributed by atoms with Crippen molar-refractivity contribution in [2.75, 3.05) is 26.1 Å². The minimum atomic E-state index is -3.44. The van der Waals surface area contributed by atoms with Crippen LogP contribution in [-0.4, -0.2) is 46.5 Å². The zero-order valence-electron chi connectivity index (χ0n) is 11.8. The molecular weight excluding hydrogens is 297 g/mol. The van der Waals surface area contributed by atoms with Gasteiger partial charge in [0.05, 0.1) is 16.7 Å². The molecule has 1 heterocycles. The summed E-state index contributed by atoms with van der Waals surface area (Å²) < 4.78 is 41.9. The van der Waals surface area contributed by atoms with Crippen LogP contribution in [0.3, 0.4) is 0 Å². The van der Waals surface area contributed by atoms with E-state index in [0.717, 1.165) is 0 Å². The first-order valence-corrected chi connectivity index (χ1v) is 8.34. The lowest BCUT2D eigenvalue weighted by Gasteiger charge is -2.23. The summed E-state index contributed by atoms with van der Waals surface area (Å²) in [5.74, 6) is -0.457. The van der Waals surface area contributed by atoms with E-state index in [1.54, 1.807) is 6.07 Å². The summed E-state index contributed by atoms with van der Waals surface area (Å²) in [5, 5.41) is 2.52. The Hall–Kier alpha value is -1.47. The molecule has 1 unspecified atom stereocenters. The molecule has 0 fully saturated rings. The van der Waals surface area contributed by atoms with Crippen molar-refractivity contribution in [2.45, 2.75) is 23.8 Å². The van der Waals surface area contributed by atoms with Gasteiger partial charge in [-0.3, -0.25) is 4.79 Å². The van der Waals surface area contributed by atoms with Gasteiger partial charge in [-0.1, -0.05) is 6.07 Å². The SMILES string of the molecule is COCCCS(=O)(=O)c1ccc2c(c1)C(=O)NC(CF)C2. The molecule has 0 saturated heterocycles. The third-order valence-electron chi connectivity index (χ3n) is 3.43. The van der Waals surface area contributed by atoms with Crippen molar-refractivity contribution < 1.29 is 22.3 Å². The molecule has 0 radical (unpaired) electrons. The second-order valence-electron chi connectivity index (χ2n) is 5.01. The predicted molar refractivity (Wildman–Crippen MR) is 75.9 cm³/mol. The summed E-state index contributed by atoms with van der Waals surface area (Å²) in [7, 11) is -1.93. The Labute approximate surface area is 123 Å². The highest BCUT2D eigenvalue weighted by Crippen LogP contribution is 2.22. The van der Waals surface area contributed by atoms with E-state index < -0.39 is 28.5 Å². The number of halogens is 1. The molecule has 1 aromatic carbocycles. The minimum absolute atomic E-state index is 0.0334. The molecule has 1 aliphatic heterocycles. The number of ether oxygens (including phenoxy) is 1. The highest BCUT2D eigenvalue weighted by Gasteiger charge is 2.26. The van der Waals surface area contributed by atoms with E-state index in [9.17, 15) is 17.6 Å². The largest absolute Gasteiger partial charge is 0.385 e. The van der Waals surface area contributed by atoms with E-state index in [2.05, 4.69) is 5.32 Å². The Bertz CT molecular complexity index is 630. The highest BCUT2D eigenvalue weighted by molar-refractivity contribution is 7.91. The average Bonchev–Trinajstić information content (AvgIpc) is 2.46. The first-order chi connectivity index (χ1) is 9.97. The monoisotopic (exact) mass is 315 g/mol. The van der Waals surface area contributed by atoms with Gasteiger partial charge in [0.2, 0.25) is 0 Å². The molecule has 1 N–H and O–H groups in total. The number of fused-ring (bicyclic) bond motifs is 1. The number of hydrogen-bond donors (Lipinski definition) is 1. The smallest absolute Gasteiger partial charge is 0.251 e. The van der Waals surface area contributed by atoms with E-state index in [0.29, 0.717) is 30.6 Å². The van der Waals surface area contributed by atoms with Gasteiger partial charge >= 0.3 is 0 Å². The first-order valence-electron chi connectivity index (χ1n) is 6.69. The van der Waals surface area contributed by atoms with Crippen molar-refractivity contribution in [3.8, 4) is 0 Å². The van der Waals surface area contributed by atoms with E-state index in [-0.39, 0.29) is 10.6 Å². The molecule has 0 bridgehead atoms. The third kappa shape index (κ3) is 3.59. The molecule has 1 aliphatic rings. The van der Waals surface area contributed by atoms with Crippen LogP contribution in [0.4, 0.5) is 4.39 Å². The molecule has 5 nitrogen and oxygen atoms in total. The van der Waals surface area contributed by atoms with Crippen LogP contribution in [-0.2, 0) is 21.0 Å². The van der Waals surface area contributed by atoms with Crippen LogP contribution < -0.4 is 5.32 Å². The number of benzene rings is 1. The lowest BCUT2D eigenvalue weighted by molar-refractivity contribution is 0.0917. The number of carbonyl (C=O) groups excluding carboxylic acids is 1. The molecule has 21 heavy (non-hydrogen) atoms. The van der Waals surface area contributed by atoms with Crippen molar-refractivity contribution in [1.29, 1.82) is 0 Å². The molecular formula is C14H18FNO4S. The second-order valence-corrected chi connectivity index (χ2v) is 7.12. The molecule has 0 aromatic heterocycles. The van der Waals surface area contributed by atoms with Gasteiger partial charge in [0.15, 0.2) is 9.84 Å². The molecule has 7 heteroatoms. The van der Waals surface area contributed by atoms with Gasteiger partial charge in [0, 0.05) is 19.3 Å². The molecule has 116 valence electrons. The Morgan fingerprint density at radius 3 is 2.86 bits per heavy atom. The van der Waals surface area contributed by atoms with Crippen LogP contribution in [0.2, 0.25) is 0 Å². The summed E-state index contributed by atoms with van der Waals surface area (Å²) in [6, 6.07) is 3.92. The number of amides is 1. The molecule has 1 amide bonds. The number of nitrogens with one attached hydrogen (secondary N) is 1. The molecule has 0 spiro atoms. The van der Waals surface area contributed by atoms with E-state index in [4.69, 9.17) is 4.74 Å². The number of carbonyl (C=O) groups is 1. The van der Waals surface area contributed by atoms with Crippen LogP contribution in [0.25, 0.3) is 0 Å². The van der Waals surface area contributed by atoms with Gasteiger partial charge < -0.3 is 10.1 Å². The van der Waals surface area contributed by atoms with E-state index >= 15 is 0 Å². The Morgan fingerprint density at radius 2 is 2.19 bits per heavy atom. The number of alkyl halides is 1. The topological polar surface area (TPSA) is 72.5 Å². The van der Waals surface area contributed by atoms with E-state index in [1.807, 2.05) is 0 Å². The van der Waals surface area contributed by atoms with Crippen LogP contribution >= 0.6 is 0 Å². The van der Waals surface area contributed by atoms with Crippen molar-refractivity contribution in [3.05, 3.63) is 29.3 Å². The van der Waals surface area contributed by atoms with Gasteiger partial charge in [-0.05, 0) is 30.5 Å². The zero-order chi connectivity index (χ0) is 15.5. The normalized spacial score (nSPS) is 18.2. The molecule has 0 saturated carbocycles. The minimum Gasteiger partial charge on any atom is -0.385 e. The lowest BCUT2D eigenvalue weighted by Crippen LogP contribution is -2.42. The van der Waals surface area contributed by atoms with Gasteiger partial charge in [-0.15, -0.1) is 0 Å². The fraction of sp³-hybridized carbons (Fsp3) is 0.500. The van der Waals surface area contributed by atoms with Gasteiger partial charge in [0.1, 0.15) is 6.67 Å². The van der Waals surface area contributed by atoms with Crippen molar-refractivity contribution in [1.82, 2.24) is 5.32 Å². The van der Waals surface area contributed by atoms with Gasteiger partial charge in [0.25, 0.3) is 5.91 Å². The van der Waals surface area contributed by atoms with Crippen LogP contribution in [0.1, 0.15) is 22.3 Å². The maximum atomic E-state index is 12.7. The number of sulfone groups is 1. The summed E-state index contributed by atoms with van der Waals surface area (Å²) in [5.41, 5.74) is 0.991. The zero-order valence-corrected chi connectivity index (χ0v) is 12.6. The van der Waals surface area contributed by atoms with Crippen molar-refractivity contribution in [2.24, 2.45) is 0 Å². The summed E-state index contributed by atoms with van der Waals surface area (Å²) in [6.07, 6.45) is 0.771. The molecule has 0 aliphatic carbocycles. The predicted octanol–water partition coefficient (Wildman–Crippen LogP) is 1.12. The van der Waals surface area contributed by atoms with Crippen LogP contribution in [0, 0.1) is 0 Å². The number of hydrogen-bond acceptors (Lipinski definition) is 4. The number of methoxy groups -OCH3 is 1. The standard InChI is InChI=1S/C14H18FNO4S/c1-20-5-2-6-21(18,19)12-4-3-10-7-11(9-15)16-14(17)13(10)8-12/h3-4,8,11H,2,5-7,9H2,1H3,(H,16,17). The van der Waals surface area contributed by atoms with Gasteiger partial charge in [-0.25, -0.2) is 12.8 Å². The molecule has 2 rings (SSSR count). The average molecular weight is 315 g/mol. The lowest BCUT2D eigenvalue weighted by atomic mass is 9.96. The van der Waals surface area contributed by atoms with Crippen molar-refractivity contribution in [3.63, 3.8) is 0 Å². The fourth-order valence-corrected chi connectivity index (χ4v) is 3.63.